The summed E-state index contributed by atoms with van der Waals surface area (Å²) in [6, 6.07) is 6.26. The van der Waals surface area contributed by atoms with Gasteiger partial charge >= 0.3 is 0 Å². The molecule has 6 heteroatoms. The number of halogens is 1. The normalized spacial score (nSPS) is 12.8. The van der Waals surface area contributed by atoms with E-state index in [-0.39, 0.29) is 16.3 Å². The Kier molecular flexibility index (Phi) is 5.00. The van der Waals surface area contributed by atoms with E-state index in [0.29, 0.717) is 12.2 Å². The maximum absolute atomic E-state index is 12.3. The van der Waals surface area contributed by atoms with Crippen molar-refractivity contribution in [2.24, 2.45) is 0 Å². The zero-order valence-electron chi connectivity index (χ0n) is 10.2. The number of nitriles is 1. The molecule has 0 aliphatic carbocycles. The third-order valence-corrected chi connectivity index (χ3v) is 5.13. The van der Waals surface area contributed by atoms with Gasteiger partial charge in [-0.2, -0.15) is 5.26 Å². The Morgan fingerprint density at radius 3 is 2.67 bits per heavy atom. The zero-order valence-corrected chi connectivity index (χ0v) is 11.8. The molecule has 0 aromatic heterocycles. The topological polar surface area (TPSA) is 67.2 Å². The van der Waals surface area contributed by atoms with Crippen LogP contribution in [0, 0.1) is 11.3 Å². The minimum Gasteiger partial charge on any atom is -0.497 e. The molecule has 0 amide bonds. The van der Waals surface area contributed by atoms with Crippen molar-refractivity contribution in [2.45, 2.75) is 23.5 Å². The maximum Gasteiger partial charge on any atom is 0.182 e. The van der Waals surface area contributed by atoms with Gasteiger partial charge in [-0.3, -0.25) is 0 Å². The predicted molar refractivity (Wildman–Crippen MR) is 69.7 cm³/mol. The van der Waals surface area contributed by atoms with E-state index in [0.717, 1.165) is 0 Å². The minimum absolute atomic E-state index is 0.00182. The van der Waals surface area contributed by atoms with E-state index < -0.39 is 15.1 Å². The SMILES string of the molecule is COc1ccc(C#N)c(S(=O)(=O)C(C)CCCl)c1. The summed E-state index contributed by atoms with van der Waals surface area (Å²) in [7, 11) is -2.12. The molecule has 0 aliphatic rings. The summed E-state index contributed by atoms with van der Waals surface area (Å²) in [5, 5.41) is 8.35. The van der Waals surface area contributed by atoms with E-state index in [2.05, 4.69) is 0 Å². The van der Waals surface area contributed by atoms with E-state index in [1.54, 1.807) is 13.0 Å². The zero-order chi connectivity index (χ0) is 13.8. The van der Waals surface area contributed by atoms with Crippen LogP contribution in [0.15, 0.2) is 23.1 Å². The van der Waals surface area contributed by atoms with Crippen molar-refractivity contribution in [1.82, 2.24) is 0 Å². The minimum atomic E-state index is -3.56. The van der Waals surface area contributed by atoms with Gasteiger partial charge in [0.15, 0.2) is 9.84 Å². The number of hydrogen-bond acceptors (Lipinski definition) is 4. The third kappa shape index (κ3) is 2.95. The number of sulfone groups is 1. The second-order valence-electron chi connectivity index (χ2n) is 3.81. The number of hydrogen-bond donors (Lipinski definition) is 0. The molecular formula is C12H14ClNO3S. The number of alkyl halides is 1. The first-order valence-electron chi connectivity index (χ1n) is 5.35. The molecule has 1 aromatic carbocycles. The molecule has 0 heterocycles. The lowest BCUT2D eigenvalue weighted by Gasteiger charge is -2.13. The van der Waals surface area contributed by atoms with E-state index in [9.17, 15) is 8.42 Å². The predicted octanol–water partition coefficient (Wildman–Crippen LogP) is 2.36. The number of methoxy groups -OCH3 is 1. The fourth-order valence-corrected chi connectivity index (χ4v) is 3.50. The van der Waals surface area contributed by atoms with Crippen LogP contribution in [0.1, 0.15) is 18.9 Å². The van der Waals surface area contributed by atoms with Crippen molar-refractivity contribution in [1.29, 1.82) is 5.26 Å². The fourth-order valence-electron chi connectivity index (χ4n) is 1.48. The molecule has 98 valence electrons. The van der Waals surface area contributed by atoms with Gasteiger partial charge in [-0.05, 0) is 25.5 Å². The molecular weight excluding hydrogens is 274 g/mol. The van der Waals surface area contributed by atoms with Crippen LogP contribution in [0.5, 0.6) is 5.75 Å². The first kappa shape index (κ1) is 14.8. The van der Waals surface area contributed by atoms with Crippen molar-refractivity contribution in [3.8, 4) is 11.8 Å². The van der Waals surface area contributed by atoms with Crippen LogP contribution in [0.3, 0.4) is 0 Å². The highest BCUT2D eigenvalue weighted by Crippen LogP contribution is 2.26. The Bertz CT molecular complexity index is 563. The second-order valence-corrected chi connectivity index (χ2v) is 6.52. The smallest absolute Gasteiger partial charge is 0.182 e. The molecule has 1 atom stereocenters. The van der Waals surface area contributed by atoms with Gasteiger partial charge in [-0.1, -0.05) is 0 Å². The van der Waals surface area contributed by atoms with E-state index in [1.807, 2.05) is 6.07 Å². The molecule has 18 heavy (non-hydrogen) atoms. The molecule has 1 rings (SSSR count). The summed E-state index contributed by atoms with van der Waals surface area (Å²) in [5.41, 5.74) is 0.122. The standard InChI is InChI=1S/C12H14ClNO3S/c1-9(5-6-13)18(15,16)12-7-11(17-2)4-3-10(12)8-14/h3-4,7,9H,5-6H2,1-2H3. The monoisotopic (exact) mass is 287 g/mol. The summed E-state index contributed by atoms with van der Waals surface area (Å²) < 4.78 is 29.6. The molecule has 0 radical (unpaired) electrons. The molecule has 0 aliphatic heterocycles. The summed E-state index contributed by atoms with van der Waals surface area (Å²) in [6.07, 6.45) is 0.339. The molecule has 0 saturated heterocycles. The first-order valence-corrected chi connectivity index (χ1v) is 7.43. The van der Waals surface area contributed by atoms with Crippen LogP contribution in [0.4, 0.5) is 0 Å². The van der Waals surface area contributed by atoms with Crippen molar-refractivity contribution >= 4 is 21.4 Å². The van der Waals surface area contributed by atoms with Gasteiger partial charge in [0.25, 0.3) is 0 Å². The molecule has 4 nitrogen and oxygen atoms in total. The quantitative estimate of drug-likeness (QED) is 0.780. The van der Waals surface area contributed by atoms with Crippen LogP contribution in [0.25, 0.3) is 0 Å². The van der Waals surface area contributed by atoms with Crippen molar-refractivity contribution in [3.05, 3.63) is 23.8 Å². The van der Waals surface area contributed by atoms with Gasteiger partial charge in [-0.15, -0.1) is 11.6 Å². The highest BCUT2D eigenvalue weighted by atomic mass is 35.5. The van der Waals surface area contributed by atoms with Gasteiger partial charge in [0.2, 0.25) is 0 Å². The Balaban J connectivity index is 3.35. The number of rotatable bonds is 5. The fraction of sp³-hybridized carbons (Fsp3) is 0.417. The molecule has 0 spiro atoms. The number of benzene rings is 1. The van der Waals surface area contributed by atoms with Gasteiger partial charge in [0, 0.05) is 11.9 Å². The summed E-state index contributed by atoms with van der Waals surface area (Å²) in [6.45, 7) is 1.58. The largest absolute Gasteiger partial charge is 0.497 e. The van der Waals surface area contributed by atoms with Gasteiger partial charge in [-0.25, -0.2) is 8.42 Å². The summed E-state index contributed by atoms with van der Waals surface area (Å²) in [5.74, 6) is 0.664. The maximum atomic E-state index is 12.3. The van der Waals surface area contributed by atoms with Crippen LogP contribution in [-0.4, -0.2) is 26.7 Å². The lowest BCUT2D eigenvalue weighted by Crippen LogP contribution is -2.19. The van der Waals surface area contributed by atoms with Crippen molar-refractivity contribution < 1.29 is 13.2 Å². The van der Waals surface area contributed by atoms with Crippen LogP contribution in [0.2, 0.25) is 0 Å². The van der Waals surface area contributed by atoms with E-state index >= 15 is 0 Å². The lowest BCUT2D eigenvalue weighted by atomic mass is 10.2. The van der Waals surface area contributed by atoms with Crippen molar-refractivity contribution in [3.63, 3.8) is 0 Å². The molecule has 0 fully saturated rings. The first-order chi connectivity index (χ1) is 8.47. The molecule has 0 N–H and O–H groups in total. The molecule has 1 aromatic rings. The Morgan fingerprint density at radius 2 is 2.17 bits per heavy atom. The molecule has 1 unspecified atom stereocenters. The average Bonchev–Trinajstić information content (AvgIpc) is 2.38. The highest BCUT2D eigenvalue weighted by molar-refractivity contribution is 7.92. The Hall–Kier alpha value is -1.25. The summed E-state index contributed by atoms with van der Waals surface area (Å²) in [4.78, 5) is 0.00182. The third-order valence-electron chi connectivity index (χ3n) is 2.66. The average molecular weight is 288 g/mol. The summed E-state index contributed by atoms with van der Waals surface area (Å²) >= 11 is 5.57. The van der Waals surface area contributed by atoms with Gasteiger partial charge < -0.3 is 4.74 Å². The van der Waals surface area contributed by atoms with Crippen LogP contribution < -0.4 is 4.74 Å². The van der Waals surface area contributed by atoms with Crippen LogP contribution >= 0.6 is 11.6 Å². The van der Waals surface area contributed by atoms with Crippen molar-refractivity contribution in [2.75, 3.05) is 13.0 Å². The van der Waals surface area contributed by atoms with E-state index in [1.165, 1.54) is 19.2 Å². The number of ether oxygens (including phenoxy) is 1. The Labute approximate surface area is 112 Å². The highest BCUT2D eigenvalue weighted by Gasteiger charge is 2.26. The molecule has 0 bridgehead atoms. The van der Waals surface area contributed by atoms with Gasteiger partial charge in [0.1, 0.15) is 11.8 Å². The second kappa shape index (κ2) is 6.07. The number of nitrogens with zero attached hydrogens (tertiary/aromatic N) is 1. The van der Waals surface area contributed by atoms with Crippen LogP contribution in [-0.2, 0) is 9.84 Å². The van der Waals surface area contributed by atoms with E-state index in [4.69, 9.17) is 21.6 Å². The Morgan fingerprint density at radius 1 is 1.50 bits per heavy atom. The lowest BCUT2D eigenvalue weighted by molar-refractivity contribution is 0.413. The van der Waals surface area contributed by atoms with Gasteiger partial charge in [0.05, 0.1) is 22.8 Å². The molecule has 0 saturated carbocycles.